The van der Waals surface area contributed by atoms with E-state index in [9.17, 15) is 9.59 Å². The second kappa shape index (κ2) is 9.42. The molecule has 0 atom stereocenters. The van der Waals surface area contributed by atoms with E-state index in [4.69, 9.17) is 4.74 Å². The molecule has 0 bridgehead atoms. The molecular formula is C19H23N3O3. The van der Waals surface area contributed by atoms with E-state index in [1.165, 1.54) is 6.92 Å². The van der Waals surface area contributed by atoms with Crippen LogP contribution in [0, 0.1) is 0 Å². The van der Waals surface area contributed by atoms with Crippen LogP contribution in [-0.2, 0) is 22.6 Å². The van der Waals surface area contributed by atoms with Gasteiger partial charge in [-0.15, -0.1) is 0 Å². The highest BCUT2D eigenvalue weighted by atomic mass is 16.5. The van der Waals surface area contributed by atoms with Gasteiger partial charge >= 0.3 is 0 Å². The molecule has 25 heavy (non-hydrogen) atoms. The molecule has 1 heterocycles. The number of hydrogen-bond acceptors (Lipinski definition) is 4. The first-order chi connectivity index (χ1) is 12.1. The van der Waals surface area contributed by atoms with Crippen LogP contribution in [0.2, 0.25) is 0 Å². The van der Waals surface area contributed by atoms with Crippen LogP contribution in [0.3, 0.4) is 0 Å². The standard InChI is InChI=1S/C19H23N3O3/c1-15(23)22(11-8-16-4-3-5-18(12-16)25-2)14-19(24)21-13-17-6-9-20-10-7-17/h3-7,9-10,12H,8,11,13-14H2,1-2H3,(H,21,24). The molecule has 2 rings (SSSR count). The summed E-state index contributed by atoms with van der Waals surface area (Å²) in [4.78, 5) is 29.4. The van der Waals surface area contributed by atoms with Crippen LogP contribution in [0.25, 0.3) is 0 Å². The van der Waals surface area contributed by atoms with Crippen LogP contribution in [0.15, 0.2) is 48.8 Å². The van der Waals surface area contributed by atoms with Crippen molar-refractivity contribution in [3.8, 4) is 5.75 Å². The first kappa shape index (κ1) is 18.4. The molecule has 1 aromatic carbocycles. The van der Waals surface area contributed by atoms with Gasteiger partial charge in [0.25, 0.3) is 0 Å². The van der Waals surface area contributed by atoms with E-state index >= 15 is 0 Å². The maximum atomic E-state index is 12.1. The zero-order valence-electron chi connectivity index (χ0n) is 14.6. The molecule has 2 aromatic rings. The lowest BCUT2D eigenvalue weighted by Gasteiger charge is -2.20. The van der Waals surface area contributed by atoms with E-state index in [1.807, 2.05) is 36.4 Å². The Labute approximate surface area is 147 Å². The molecule has 0 radical (unpaired) electrons. The van der Waals surface area contributed by atoms with Gasteiger partial charge < -0.3 is 15.0 Å². The van der Waals surface area contributed by atoms with E-state index in [2.05, 4.69) is 10.3 Å². The van der Waals surface area contributed by atoms with Crippen LogP contribution < -0.4 is 10.1 Å². The number of carbonyl (C=O) groups excluding carboxylic acids is 2. The van der Waals surface area contributed by atoms with Gasteiger partial charge in [0.05, 0.1) is 13.7 Å². The average Bonchev–Trinajstić information content (AvgIpc) is 2.64. The third-order valence-electron chi connectivity index (χ3n) is 3.82. The van der Waals surface area contributed by atoms with E-state index in [0.29, 0.717) is 19.5 Å². The minimum absolute atomic E-state index is 0.0460. The van der Waals surface area contributed by atoms with Gasteiger partial charge in [-0.2, -0.15) is 0 Å². The maximum Gasteiger partial charge on any atom is 0.239 e. The molecule has 0 aliphatic carbocycles. The van der Waals surface area contributed by atoms with Gasteiger partial charge in [-0.25, -0.2) is 0 Å². The topological polar surface area (TPSA) is 71.5 Å². The summed E-state index contributed by atoms with van der Waals surface area (Å²) < 4.78 is 5.20. The Kier molecular flexibility index (Phi) is 6.95. The second-order valence-corrected chi connectivity index (χ2v) is 5.67. The number of nitrogens with one attached hydrogen (secondary N) is 1. The van der Waals surface area contributed by atoms with Crippen LogP contribution >= 0.6 is 0 Å². The summed E-state index contributed by atoms with van der Waals surface area (Å²) in [5, 5.41) is 2.82. The summed E-state index contributed by atoms with van der Waals surface area (Å²) >= 11 is 0. The van der Waals surface area contributed by atoms with Crippen molar-refractivity contribution >= 4 is 11.8 Å². The first-order valence-corrected chi connectivity index (χ1v) is 8.12. The minimum atomic E-state index is -0.183. The fraction of sp³-hybridized carbons (Fsp3) is 0.316. The molecule has 0 saturated carbocycles. The Morgan fingerprint density at radius 1 is 1.16 bits per heavy atom. The smallest absolute Gasteiger partial charge is 0.239 e. The summed E-state index contributed by atoms with van der Waals surface area (Å²) in [6.45, 7) is 2.42. The van der Waals surface area contributed by atoms with Crippen LogP contribution in [0.1, 0.15) is 18.1 Å². The molecule has 6 heteroatoms. The van der Waals surface area contributed by atoms with Crippen molar-refractivity contribution in [3.63, 3.8) is 0 Å². The molecule has 2 amide bonds. The van der Waals surface area contributed by atoms with Crippen LogP contribution in [0.4, 0.5) is 0 Å². The van der Waals surface area contributed by atoms with E-state index < -0.39 is 0 Å². The molecule has 0 aliphatic rings. The van der Waals surface area contributed by atoms with Crippen molar-refractivity contribution in [2.45, 2.75) is 19.9 Å². The molecule has 132 valence electrons. The number of methoxy groups -OCH3 is 1. The van der Waals surface area contributed by atoms with Gasteiger partial charge in [-0.05, 0) is 41.8 Å². The van der Waals surface area contributed by atoms with E-state index in [-0.39, 0.29) is 18.4 Å². The first-order valence-electron chi connectivity index (χ1n) is 8.12. The van der Waals surface area contributed by atoms with Crippen molar-refractivity contribution in [1.82, 2.24) is 15.2 Å². The van der Waals surface area contributed by atoms with Gasteiger partial charge in [-0.3, -0.25) is 14.6 Å². The summed E-state index contributed by atoms with van der Waals surface area (Å²) in [6.07, 6.45) is 4.02. The minimum Gasteiger partial charge on any atom is -0.497 e. The van der Waals surface area contributed by atoms with Crippen molar-refractivity contribution in [2.24, 2.45) is 0 Å². The number of aromatic nitrogens is 1. The number of carbonyl (C=O) groups is 2. The predicted octanol–water partition coefficient (Wildman–Crippen LogP) is 1.80. The number of benzene rings is 1. The lowest BCUT2D eigenvalue weighted by Crippen LogP contribution is -2.40. The second-order valence-electron chi connectivity index (χ2n) is 5.67. The zero-order valence-corrected chi connectivity index (χ0v) is 14.6. The van der Waals surface area contributed by atoms with Crippen LogP contribution in [0.5, 0.6) is 5.75 Å². The van der Waals surface area contributed by atoms with Crippen LogP contribution in [-0.4, -0.2) is 41.9 Å². The lowest BCUT2D eigenvalue weighted by molar-refractivity contribution is -0.134. The lowest BCUT2D eigenvalue weighted by atomic mass is 10.1. The van der Waals surface area contributed by atoms with E-state index in [1.54, 1.807) is 24.4 Å². The number of nitrogens with zero attached hydrogens (tertiary/aromatic N) is 2. The highest BCUT2D eigenvalue weighted by Crippen LogP contribution is 2.13. The molecule has 1 aromatic heterocycles. The quantitative estimate of drug-likeness (QED) is 0.795. The fourth-order valence-corrected chi connectivity index (χ4v) is 2.37. The maximum absolute atomic E-state index is 12.1. The highest BCUT2D eigenvalue weighted by Gasteiger charge is 2.13. The van der Waals surface area contributed by atoms with Gasteiger partial charge in [-0.1, -0.05) is 12.1 Å². The number of rotatable bonds is 8. The number of amides is 2. The molecule has 1 N–H and O–H groups in total. The third-order valence-corrected chi connectivity index (χ3v) is 3.82. The Bertz CT molecular complexity index is 704. The van der Waals surface area contributed by atoms with Crippen molar-refractivity contribution in [2.75, 3.05) is 20.2 Å². The Hall–Kier alpha value is -2.89. The number of pyridine rings is 1. The fourth-order valence-electron chi connectivity index (χ4n) is 2.37. The summed E-state index contributed by atoms with van der Waals surface area (Å²) in [5.74, 6) is 0.474. The zero-order chi connectivity index (χ0) is 18.1. The third kappa shape index (κ3) is 6.25. The average molecular weight is 341 g/mol. The van der Waals surface area contributed by atoms with Gasteiger partial charge in [0, 0.05) is 32.4 Å². The summed E-state index contributed by atoms with van der Waals surface area (Å²) in [5.41, 5.74) is 2.02. The predicted molar refractivity (Wildman–Crippen MR) is 95.0 cm³/mol. The van der Waals surface area contributed by atoms with Gasteiger partial charge in [0.2, 0.25) is 11.8 Å². The Morgan fingerprint density at radius 3 is 2.60 bits per heavy atom. The largest absolute Gasteiger partial charge is 0.497 e. The normalized spacial score (nSPS) is 10.2. The van der Waals surface area contributed by atoms with E-state index in [0.717, 1.165) is 16.9 Å². The molecular weight excluding hydrogens is 318 g/mol. The summed E-state index contributed by atoms with van der Waals surface area (Å²) in [6, 6.07) is 11.4. The SMILES string of the molecule is COc1cccc(CCN(CC(=O)NCc2ccncc2)C(C)=O)c1. The van der Waals surface area contributed by atoms with Crippen molar-refractivity contribution < 1.29 is 14.3 Å². The van der Waals surface area contributed by atoms with Crippen molar-refractivity contribution in [3.05, 3.63) is 59.9 Å². The monoisotopic (exact) mass is 341 g/mol. The number of ether oxygens (including phenoxy) is 1. The molecule has 0 aliphatic heterocycles. The Balaban J connectivity index is 1.85. The molecule has 0 saturated heterocycles. The number of hydrogen-bond donors (Lipinski definition) is 1. The van der Waals surface area contributed by atoms with Gasteiger partial charge in [0.15, 0.2) is 0 Å². The molecule has 0 fully saturated rings. The molecule has 0 unspecified atom stereocenters. The summed E-state index contributed by atoms with van der Waals surface area (Å²) in [7, 11) is 1.62. The molecule has 0 spiro atoms. The highest BCUT2D eigenvalue weighted by molar-refractivity contribution is 5.83. The van der Waals surface area contributed by atoms with Gasteiger partial charge in [0.1, 0.15) is 5.75 Å². The Morgan fingerprint density at radius 2 is 1.92 bits per heavy atom. The van der Waals surface area contributed by atoms with Crippen molar-refractivity contribution in [1.29, 1.82) is 0 Å². The molecule has 6 nitrogen and oxygen atoms in total.